The predicted molar refractivity (Wildman–Crippen MR) is 81.2 cm³/mol. The Morgan fingerprint density at radius 3 is 2.62 bits per heavy atom. The molecule has 1 atom stereocenters. The lowest BCUT2D eigenvalue weighted by Gasteiger charge is -2.14. The maximum absolute atomic E-state index is 11.3. The largest absolute Gasteiger partial charge is 0.481 e. The van der Waals surface area contributed by atoms with E-state index >= 15 is 0 Å². The van der Waals surface area contributed by atoms with Gasteiger partial charge in [-0.2, -0.15) is 0 Å². The lowest BCUT2D eigenvalue weighted by Crippen LogP contribution is -2.24. The number of anilines is 1. The maximum atomic E-state index is 11.3. The third kappa shape index (κ3) is 3.29. The molecule has 0 aliphatic heterocycles. The molecule has 2 aromatic rings. The molecule has 0 bridgehead atoms. The van der Waals surface area contributed by atoms with Crippen molar-refractivity contribution in [2.24, 2.45) is 11.8 Å². The van der Waals surface area contributed by atoms with Gasteiger partial charge in [-0.05, 0) is 31.4 Å². The van der Waals surface area contributed by atoms with E-state index in [4.69, 9.17) is 0 Å². The van der Waals surface area contributed by atoms with E-state index in [-0.39, 0.29) is 5.92 Å². The van der Waals surface area contributed by atoms with E-state index in [2.05, 4.69) is 15.3 Å². The number of benzene rings is 1. The fourth-order valence-electron chi connectivity index (χ4n) is 2.50. The van der Waals surface area contributed by atoms with Gasteiger partial charge in [0.15, 0.2) is 0 Å². The summed E-state index contributed by atoms with van der Waals surface area (Å²) >= 11 is 0. The highest BCUT2D eigenvalue weighted by atomic mass is 16.4. The zero-order chi connectivity index (χ0) is 14.8. The number of nitrogens with zero attached hydrogens (tertiary/aromatic N) is 2. The quantitative estimate of drug-likeness (QED) is 0.853. The van der Waals surface area contributed by atoms with Crippen molar-refractivity contribution in [1.82, 2.24) is 9.97 Å². The minimum Gasteiger partial charge on any atom is -0.481 e. The van der Waals surface area contributed by atoms with Crippen LogP contribution in [0.25, 0.3) is 11.0 Å². The Hall–Kier alpha value is -2.17. The summed E-state index contributed by atoms with van der Waals surface area (Å²) in [4.78, 5) is 20.3. The minimum atomic E-state index is -0.735. The van der Waals surface area contributed by atoms with Crippen molar-refractivity contribution in [3.05, 3.63) is 30.0 Å². The third-order valence-electron chi connectivity index (χ3n) is 3.92. The van der Waals surface area contributed by atoms with Gasteiger partial charge in [-0.3, -0.25) is 4.79 Å². The summed E-state index contributed by atoms with van der Waals surface area (Å²) < 4.78 is 0. The Balaban J connectivity index is 1.74. The number of hydrogen-bond acceptors (Lipinski definition) is 4. The monoisotopic (exact) mass is 285 g/mol. The van der Waals surface area contributed by atoms with Crippen LogP contribution < -0.4 is 5.32 Å². The van der Waals surface area contributed by atoms with Gasteiger partial charge >= 0.3 is 5.97 Å². The molecule has 1 fully saturated rings. The van der Waals surface area contributed by atoms with Gasteiger partial charge in [0.05, 0.1) is 22.6 Å². The molecule has 1 aromatic carbocycles. The summed E-state index contributed by atoms with van der Waals surface area (Å²) in [5, 5.41) is 12.5. The van der Waals surface area contributed by atoms with Crippen LogP contribution in [0.1, 0.15) is 25.0 Å². The van der Waals surface area contributed by atoms with E-state index in [0.29, 0.717) is 18.3 Å². The highest BCUT2D eigenvalue weighted by Gasteiger charge is 2.29. The Bertz CT molecular complexity index is 668. The molecule has 1 saturated carbocycles. The highest BCUT2D eigenvalue weighted by Crippen LogP contribution is 2.35. The average molecular weight is 285 g/mol. The van der Waals surface area contributed by atoms with Crippen LogP contribution in [-0.4, -0.2) is 27.6 Å². The normalized spacial score (nSPS) is 15.9. The maximum Gasteiger partial charge on any atom is 0.308 e. The summed E-state index contributed by atoms with van der Waals surface area (Å²) in [5.41, 5.74) is 2.47. The van der Waals surface area contributed by atoms with Gasteiger partial charge in [0.25, 0.3) is 0 Å². The Morgan fingerprint density at radius 2 is 2.00 bits per heavy atom. The number of carboxylic acid groups (broad SMARTS) is 1. The van der Waals surface area contributed by atoms with Crippen molar-refractivity contribution in [2.45, 2.75) is 26.2 Å². The number of carbonyl (C=O) groups is 1. The molecule has 0 spiro atoms. The molecule has 1 aromatic heterocycles. The molecule has 3 rings (SSSR count). The van der Waals surface area contributed by atoms with Gasteiger partial charge in [-0.15, -0.1) is 0 Å². The topological polar surface area (TPSA) is 75.1 Å². The van der Waals surface area contributed by atoms with Gasteiger partial charge in [-0.25, -0.2) is 9.97 Å². The first-order chi connectivity index (χ1) is 10.1. The van der Waals surface area contributed by atoms with Crippen LogP contribution in [0, 0.1) is 18.8 Å². The lowest BCUT2D eigenvalue weighted by molar-refractivity contribution is -0.141. The van der Waals surface area contributed by atoms with E-state index in [1.165, 1.54) is 12.8 Å². The van der Waals surface area contributed by atoms with E-state index in [1.54, 1.807) is 0 Å². The molecule has 5 heteroatoms. The lowest BCUT2D eigenvalue weighted by atomic mass is 10.0. The number of aromatic nitrogens is 2. The summed E-state index contributed by atoms with van der Waals surface area (Å²) in [6.07, 6.45) is 3.08. The fourth-order valence-corrected chi connectivity index (χ4v) is 2.50. The van der Waals surface area contributed by atoms with Gasteiger partial charge in [0.2, 0.25) is 0 Å². The fraction of sp³-hybridized carbons (Fsp3) is 0.438. The summed E-state index contributed by atoms with van der Waals surface area (Å²) in [6.45, 7) is 2.29. The van der Waals surface area contributed by atoms with E-state index in [0.717, 1.165) is 23.1 Å². The van der Waals surface area contributed by atoms with Crippen molar-refractivity contribution >= 4 is 22.8 Å². The summed E-state index contributed by atoms with van der Waals surface area (Å²) in [7, 11) is 0. The average Bonchev–Trinajstić information content (AvgIpc) is 3.27. The number of aliphatic carboxylic acids is 1. The minimum absolute atomic E-state index is 0.356. The van der Waals surface area contributed by atoms with E-state index in [9.17, 15) is 9.90 Å². The van der Waals surface area contributed by atoms with E-state index < -0.39 is 5.97 Å². The molecule has 110 valence electrons. The molecule has 1 heterocycles. The SMILES string of the molecule is Cc1nc2ccccc2nc1NCC(CC1CC1)C(=O)O. The molecule has 21 heavy (non-hydrogen) atoms. The van der Waals surface area contributed by atoms with Gasteiger partial charge in [0, 0.05) is 6.54 Å². The number of aryl methyl sites for hydroxylation is 1. The summed E-state index contributed by atoms with van der Waals surface area (Å²) in [6, 6.07) is 7.68. The van der Waals surface area contributed by atoms with Crippen LogP contribution in [0.3, 0.4) is 0 Å². The van der Waals surface area contributed by atoms with E-state index in [1.807, 2.05) is 31.2 Å². The zero-order valence-electron chi connectivity index (χ0n) is 12.0. The standard InChI is InChI=1S/C16H19N3O2/c1-10-15(19-14-5-3-2-4-13(14)18-10)17-9-12(16(20)21)8-11-6-7-11/h2-5,11-12H,6-9H2,1H3,(H,17,19)(H,20,21). The Labute approximate surface area is 123 Å². The molecule has 1 unspecified atom stereocenters. The highest BCUT2D eigenvalue weighted by molar-refractivity contribution is 5.76. The second kappa shape index (κ2) is 5.68. The number of hydrogen-bond donors (Lipinski definition) is 2. The van der Waals surface area contributed by atoms with Crippen molar-refractivity contribution in [3.8, 4) is 0 Å². The molecule has 5 nitrogen and oxygen atoms in total. The van der Waals surface area contributed by atoms with Crippen molar-refractivity contribution < 1.29 is 9.90 Å². The van der Waals surface area contributed by atoms with Crippen LogP contribution >= 0.6 is 0 Å². The van der Waals surface area contributed by atoms with Gasteiger partial charge in [0.1, 0.15) is 5.82 Å². The Kier molecular flexibility index (Phi) is 3.73. The molecular weight excluding hydrogens is 266 g/mol. The Morgan fingerprint density at radius 1 is 1.33 bits per heavy atom. The second-order valence-electron chi connectivity index (χ2n) is 5.74. The molecule has 0 radical (unpaired) electrons. The number of carboxylic acids is 1. The van der Waals surface area contributed by atoms with Crippen LogP contribution in [0.4, 0.5) is 5.82 Å². The molecule has 0 amide bonds. The van der Waals surface area contributed by atoms with Gasteiger partial charge in [-0.1, -0.05) is 25.0 Å². The third-order valence-corrected chi connectivity index (χ3v) is 3.92. The summed E-state index contributed by atoms with van der Waals surface area (Å²) in [5.74, 6) is 0.179. The number of nitrogens with one attached hydrogen (secondary N) is 1. The van der Waals surface area contributed by atoms with Crippen molar-refractivity contribution in [1.29, 1.82) is 0 Å². The first-order valence-electron chi connectivity index (χ1n) is 7.33. The number of fused-ring (bicyclic) bond motifs is 1. The molecule has 1 aliphatic carbocycles. The molecule has 1 aliphatic rings. The number of rotatable bonds is 6. The molecule has 0 saturated heterocycles. The van der Waals surface area contributed by atoms with Crippen LogP contribution in [0.15, 0.2) is 24.3 Å². The molecule has 2 N–H and O–H groups in total. The van der Waals surface area contributed by atoms with Crippen LogP contribution in [0.5, 0.6) is 0 Å². The number of para-hydroxylation sites is 2. The van der Waals surface area contributed by atoms with Crippen LogP contribution in [-0.2, 0) is 4.79 Å². The predicted octanol–water partition coefficient (Wildman–Crippen LogP) is 2.85. The van der Waals surface area contributed by atoms with Gasteiger partial charge < -0.3 is 10.4 Å². The van der Waals surface area contributed by atoms with Crippen LogP contribution in [0.2, 0.25) is 0 Å². The van der Waals surface area contributed by atoms with Crippen molar-refractivity contribution in [3.63, 3.8) is 0 Å². The smallest absolute Gasteiger partial charge is 0.308 e. The second-order valence-corrected chi connectivity index (χ2v) is 5.74. The van der Waals surface area contributed by atoms with Crippen molar-refractivity contribution in [2.75, 3.05) is 11.9 Å². The zero-order valence-corrected chi connectivity index (χ0v) is 12.0. The molecular formula is C16H19N3O2. The first kappa shape index (κ1) is 13.8. The first-order valence-corrected chi connectivity index (χ1v) is 7.33.